The molecule has 0 amide bonds. The molecule has 3 aromatic rings. The molecule has 0 aliphatic carbocycles. The maximum Gasteiger partial charge on any atom is 0.136 e. The van der Waals surface area contributed by atoms with Crippen LogP contribution in [0.2, 0.25) is 10.0 Å². The van der Waals surface area contributed by atoms with E-state index in [0.29, 0.717) is 39.6 Å². The van der Waals surface area contributed by atoms with Crippen molar-refractivity contribution in [2.45, 2.75) is 13.5 Å². The average molecular weight is 377 g/mol. The Morgan fingerprint density at radius 2 is 1.64 bits per heavy atom. The summed E-state index contributed by atoms with van der Waals surface area (Å²) in [5, 5.41) is 7.30. The fraction of sp³-hybridized carbons (Fsp3) is 0.111. The van der Waals surface area contributed by atoms with E-state index < -0.39 is 0 Å². The second kappa shape index (κ2) is 7.68. The van der Waals surface area contributed by atoms with Crippen LogP contribution in [0.4, 0.5) is 21.7 Å². The maximum atomic E-state index is 13.7. The third-order valence-corrected chi connectivity index (χ3v) is 3.83. The Labute approximate surface area is 155 Å². The summed E-state index contributed by atoms with van der Waals surface area (Å²) in [7, 11) is 0. The van der Waals surface area contributed by atoms with Crippen molar-refractivity contribution in [1.29, 1.82) is 0 Å². The summed E-state index contributed by atoms with van der Waals surface area (Å²) in [6, 6.07) is 13.5. The molecule has 1 aromatic heterocycles. The summed E-state index contributed by atoms with van der Waals surface area (Å²) < 4.78 is 13.7. The van der Waals surface area contributed by atoms with Crippen molar-refractivity contribution in [1.82, 2.24) is 9.97 Å². The molecule has 3 rings (SSSR count). The highest BCUT2D eigenvalue weighted by Gasteiger charge is 2.06. The second-order valence-electron chi connectivity index (χ2n) is 5.41. The van der Waals surface area contributed by atoms with Gasteiger partial charge in [0.15, 0.2) is 0 Å². The van der Waals surface area contributed by atoms with Gasteiger partial charge in [0.25, 0.3) is 0 Å². The van der Waals surface area contributed by atoms with Gasteiger partial charge < -0.3 is 10.6 Å². The van der Waals surface area contributed by atoms with Gasteiger partial charge in [0.2, 0.25) is 0 Å². The lowest BCUT2D eigenvalue weighted by molar-refractivity contribution is 0.613. The molecule has 25 heavy (non-hydrogen) atoms. The number of halogens is 3. The lowest BCUT2D eigenvalue weighted by atomic mass is 10.2. The first-order chi connectivity index (χ1) is 12.0. The van der Waals surface area contributed by atoms with Crippen molar-refractivity contribution >= 4 is 40.5 Å². The predicted molar refractivity (Wildman–Crippen MR) is 100 cm³/mol. The van der Waals surface area contributed by atoms with Crippen molar-refractivity contribution < 1.29 is 4.39 Å². The summed E-state index contributed by atoms with van der Waals surface area (Å²) in [6.45, 7) is 2.11. The number of nitrogens with one attached hydrogen (secondary N) is 2. The van der Waals surface area contributed by atoms with E-state index in [1.54, 1.807) is 49.4 Å². The smallest absolute Gasteiger partial charge is 0.136 e. The fourth-order valence-corrected chi connectivity index (χ4v) is 2.85. The first-order valence-electron chi connectivity index (χ1n) is 7.56. The highest BCUT2D eigenvalue weighted by atomic mass is 35.5. The Kier molecular flexibility index (Phi) is 5.36. The van der Waals surface area contributed by atoms with Crippen LogP contribution >= 0.6 is 23.2 Å². The van der Waals surface area contributed by atoms with Crippen LogP contribution in [0.15, 0.2) is 48.5 Å². The van der Waals surface area contributed by atoms with Crippen LogP contribution in [0, 0.1) is 12.7 Å². The minimum Gasteiger partial charge on any atom is -0.366 e. The highest BCUT2D eigenvalue weighted by molar-refractivity contribution is 6.35. The Morgan fingerprint density at radius 1 is 0.960 bits per heavy atom. The Morgan fingerprint density at radius 3 is 2.36 bits per heavy atom. The number of nitrogens with zero attached hydrogens (tertiary/aromatic N) is 2. The molecule has 0 bridgehead atoms. The summed E-state index contributed by atoms with van der Waals surface area (Å²) in [5.41, 5.74) is 1.28. The molecule has 1 heterocycles. The van der Waals surface area contributed by atoms with E-state index >= 15 is 0 Å². The minimum absolute atomic E-state index is 0.257. The van der Waals surface area contributed by atoms with E-state index in [0.717, 1.165) is 5.69 Å². The standard InChI is InChI=1S/C18H15Cl2FN4/c1-11-23-17(22-10-12-4-2-3-5-16(12)21)9-18(24-11)25-15-7-13(19)6-14(20)8-15/h2-9H,10H2,1H3,(H2,22,23,24,25). The third-order valence-electron chi connectivity index (χ3n) is 3.39. The Bertz CT molecular complexity index is 882. The second-order valence-corrected chi connectivity index (χ2v) is 6.29. The van der Waals surface area contributed by atoms with Gasteiger partial charge in [-0.1, -0.05) is 41.4 Å². The molecular formula is C18H15Cl2FN4. The van der Waals surface area contributed by atoms with Crippen LogP contribution in [-0.2, 0) is 6.54 Å². The molecule has 0 saturated carbocycles. The van der Waals surface area contributed by atoms with Gasteiger partial charge in [0, 0.05) is 33.9 Å². The molecule has 4 nitrogen and oxygen atoms in total. The van der Waals surface area contributed by atoms with Gasteiger partial charge >= 0.3 is 0 Å². The third kappa shape index (κ3) is 4.81. The molecule has 0 fully saturated rings. The number of hydrogen-bond acceptors (Lipinski definition) is 4. The lowest BCUT2D eigenvalue weighted by Crippen LogP contribution is -2.06. The Hall–Kier alpha value is -2.37. The molecule has 0 aliphatic heterocycles. The van der Waals surface area contributed by atoms with E-state index in [-0.39, 0.29) is 5.82 Å². The van der Waals surface area contributed by atoms with Crippen LogP contribution in [0.1, 0.15) is 11.4 Å². The number of benzene rings is 2. The van der Waals surface area contributed by atoms with Crippen molar-refractivity contribution in [2.75, 3.05) is 10.6 Å². The summed E-state index contributed by atoms with van der Waals surface area (Å²) in [4.78, 5) is 8.66. The van der Waals surface area contributed by atoms with Gasteiger partial charge in [0.05, 0.1) is 0 Å². The van der Waals surface area contributed by atoms with Gasteiger partial charge in [0.1, 0.15) is 23.3 Å². The predicted octanol–water partition coefficient (Wildman–Crippen LogP) is 5.59. The first-order valence-corrected chi connectivity index (χ1v) is 8.31. The topological polar surface area (TPSA) is 49.8 Å². The van der Waals surface area contributed by atoms with E-state index in [2.05, 4.69) is 20.6 Å². The minimum atomic E-state index is -0.257. The quantitative estimate of drug-likeness (QED) is 0.609. The van der Waals surface area contributed by atoms with Crippen LogP contribution < -0.4 is 10.6 Å². The van der Waals surface area contributed by atoms with E-state index in [9.17, 15) is 4.39 Å². The van der Waals surface area contributed by atoms with Gasteiger partial charge in [-0.25, -0.2) is 14.4 Å². The van der Waals surface area contributed by atoms with Crippen LogP contribution in [0.5, 0.6) is 0 Å². The van der Waals surface area contributed by atoms with Crippen LogP contribution in [0.25, 0.3) is 0 Å². The summed E-state index contributed by atoms with van der Waals surface area (Å²) in [6.07, 6.45) is 0. The molecule has 7 heteroatoms. The van der Waals surface area contributed by atoms with E-state index in [1.807, 2.05) is 0 Å². The number of hydrogen-bond donors (Lipinski definition) is 2. The van der Waals surface area contributed by atoms with Crippen molar-refractivity contribution in [3.63, 3.8) is 0 Å². The zero-order chi connectivity index (χ0) is 17.8. The van der Waals surface area contributed by atoms with Crippen molar-refractivity contribution in [3.8, 4) is 0 Å². The largest absolute Gasteiger partial charge is 0.366 e. The summed E-state index contributed by atoms with van der Waals surface area (Å²) in [5.74, 6) is 1.50. The SMILES string of the molecule is Cc1nc(NCc2ccccc2F)cc(Nc2cc(Cl)cc(Cl)c2)n1. The maximum absolute atomic E-state index is 13.7. The molecule has 0 radical (unpaired) electrons. The monoisotopic (exact) mass is 376 g/mol. The normalized spacial score (nSPS) is 10.6. The van der Waals surface area contributed by atoms with E-state index in [1.165, 1.54) is 6.07 Å². The number of rotatable bonds is 5. The number of anilines is 3. The molecule has 0 aliphatic rings. The van der Waals surface area contributed by atoms with Crippen LogP contribution in [-0.4, -0.2) is 9.97 Å². The van der Waals surface area contributed by atoms with Crippen molar-refractivity contribution in [3.05, 3.63) is 75.8 Å². The number of aromatic nitrogens is 2. The molecule has 0 unspecified atom stereocenters. The molecule has 2 aromatic carbocycles. The van der Waals surface area contributed by atoms with Crippen molar-refractivity contribution in [2.24, 2.45) is 0 Å². The zero-order valence-electron chi connectivity index (χ0n) is 13.4. The molecular weight excluding hydrogens is 362 g/mol. The Balaban J connectivity index is 1.77. The highest BCUT2D eigenvalue weighted by Crippen LogP contribution is 2.25. The molecule has 0 spiro atoms. The van der Waals surface area contributed by atoms with Crippen LogP contribution in [0.3, 0.4) is 0 Å². The average Bonchev–Trinajstić information content (AvgIpc) is 2.52. The zero-order valence-corrected chi connectivity index (χ0v) is 14.9. The summed E-state index contributed by atoms with van der Waals surface area (Å²) >= 11 is 12.0. The van der Waals surface area contributed by atoms with Gasteiger partial charge in [-0.05, 0) is 31.2 Å². The molecule has 128 valence electrons. The van der Waals surface area contributed by atoms with E-state index in [4.69, 9.17) is 23.2 Å². The first kappa shape index (κ1) is 17.5. The fourth-order valence-electron chi connectivity index (χ4n) is 2.32. The van der Waals surface area contributed by atoms with Gasteiger partial charge in [-0.15, -0.1) is 0 Å². The molecule has 0 atom stereocenters. The van der Waals surface area contributed by atoms with Gasteiger partial charge in [-0.2, -0.15) is 0 Å². The number of aryl methyl sites for hydroxylation is 1. The molecule has 0 saturated heterocycles. The van der Waals surface area contributed by atoms with Gasteiger partial charge in [-0.3, -0.25) is 0 Å². The molecule has 2 N–H and O–H groups in total. The lowest BCUT2D eigenvalue weighted by Gasteiger charge is -2.11.